The number of hydrogen-bond acceptors (Lipinski definition) is 5. The van der Waals surface area contributed by atoms with Gasteiger partial charge in [-0.2, -0.15) is 0 Å². The van der Waals surface area contributed by atoms with Gasteiger partial charge < -0.3 is 10.2 Å². The van der Waals surface area contributed by atoms with Crippen LogP contribution < -0.4 is 0 Å². The van der Waals surface area contributed by atoms with Gasteiger partial charge in [0.25, 0.3) is 0 Å². The Morgan fingerprint density at radius 2 is 1.84 bits per heavy atom. The van der Waals surface area contributed by atoms with Crippen LogP contribution in [0.4, 0.5) is 0 Å². The summed E-state index contributed by atoms with van der Waals surface area (Å²) >= 11 is 12.5. The van der Waals surface area contributed by atoms with Crippen molar-refractivity contribution in [3.05, 3.63) is 75.3 Å². The van der Waals surface area contributed by atoms with E-state index in [1.54, 1.807) is 28.8 Å². The number of halogens is 2. The van der Waals surface area contributed by atoms with Crippen LogP contribution in [0.25, 0.3) is 5.69 Å². The second-order valence-corrected chi connectivity index (χ2v) is 6.30. The Kier molecular flexibility index (Phi) is 4.05. The number of fused-ring (bicyclic) bond motifs is 3. The van der Waals surface area contributed by atoms with E-state index in [-0.39, 0.29) is 12.4 Å². The molecule has 0 bridgehead atoms. The van der Waals surface area contributed by atoms with E-state index in [1.165, 1.54) is 0 Å². The second-order valence-electron chi connectivity index (χ2n) is 5.46. The third kappa shape index (κ3) is 2.63. The lowest BCUT2D eigenvalue weighted by atomic mass is 10.0. The molecule has 25 heavy (non-hydrogen) atoms. The standard InChI is InChI=1S/C17H12Cl2N4O2/c18-9-5-6-13-11(7-9)15(10-3-1-2-4-12(10)19)20-17(25)16-22-21-14(8-24)23(13)16/h1-7,17,24-25H,8H2/t17-/m1/s1. The fourth-order valence-electron chi connectivity index (χ4n) is 2.87. The summed E-state index contributed by atoms with van der Waals surface area (Å²) in [5.74, 6) is 0.517. The summed E-state index contributed by atoms with van der Waals surface area (Å²) in [7, 11) is 0. The molecule has 2 heterocycles. The molecular formula is C17H12Cl2N4O2. The van der Waals surface area contributed by atoms with Crippen molar-refractivity contribution in [1.82, 2.24) is 14.8 Å². The van der Waals surface area contributed by atoms with Crippen LogP contribution in [0, 0.1) is 0 Å². The fraction of sp³-hybridized carbons (Fsp3) is 0.118. The van der Waals surface area contributed by atoms with Crippen LogP contribution >= 0.6 is 23.2 Å². The average Bonchev–Trinajstić information content (AvgIpc) is 2.99. The molecule has 6 nitrogen and oxygen atoms in total. The smallest absolute Gasteiger partial charge is 0.207 e. The number of aliphatic hydroxyl groups is 2. The maximum absolute atomic E-state index is 10.5. The van der Waals surface area contributed by atoms with Gasteiger partial charge >= 0.3 is 0 Å². The van der Waals surface area contributed by atoms with Crippen molar-refractivity contribution in [2.45, 2.75) is 12.8 Å². The van der Waals surface area contributed by atoms with Crippen molar-refractivity contribution in [1.29, 1.82) is 0 Å². The molecule has 126 valence electrons. The summed E-state index contributed by atoms with van der Waals surface area (Å²) in [5, 5.41) is 29.0. The molecule has 1 aliphatic rings. The Hall–Kier alpha value is -2.25. The zero-order chi connectivity index (χ0) is 17.6. The minimum absolute atomic E-state index is 0.217. The highest BCUT2D eigenvalue weighted by Gasteiger charge is 2.28. The molecular weight excluding hydrogens is 363 g/mol. The molecule has 0 spiro atoms. The van der Waals surface area contributed by atoms with Crippen molar-refractivity contribution in [3.63, 3.8) is 0 Å². The third-order valence-electron chi connectivity index (χ3n) is 3.96. The van der Waals surface area contributed by atoms with Gasteiger partial charge in [0, 0.05) is 21.2 Å². The molecule has 0 saturated heterocycles. The Bertz CT molecular complexity index is 1000. The van der Waals surface area contributed by atoms with E-state index in [0.717, 1.165) is 0 Å². The van der Waals surface area contributed by atoms with Crippen molar-refractivity contribution in [2.75, 3.05) is 0 Å². The highest BCUT2D eigenvalue weighted by atomic mass is 35.5. The SMILES string of the molecule is OCc1nnc2n1-c1ccc(Cl)cc1C(c1ccccc1Cl)=N[C@@H]2O. The van der Waals surface area contributed by atoms with Gasteiger partial charge in [-0.3, -0.25) is 4.57 Å². The molecule has 1 aliphatic heterocycles. The molecule has 1 atom stereocenters. The van der Waals surface area contributed by atoms with Crippen LogP contribution in [0.5, 0.6) is 0 Å². The summed E-state index contributed by atoms with van der Waals surface area (Å²) in [4.78, 5) is 4.40. The number of rotatable bonds is 2. The normalized spacial score (nSPS) is 16.0. The third-order valence-corrected chi connectivity index (χ3v) is 4.53. The van der Waals surface area contributed by atoms with E-state index in [0.29, 0.717) is 38.4 Å². The number of aromatic nitrogens is 3. The van der Waals surface area contributed by atoms with Crippen LogP contribution in [0.2, 0.25) is 10.0 Å². The Labute approximate surface area is 153 Å². The molecule has 4 rings (SSSR count). The summed E-state index contributed by atoms with van der Waals surface area (Å²) in [6.45, 7) is -0.330. The summed E-state index contributed by atoms with van der Waals surface area (Å²) in [6, 6.07) is 12.4. The van der Waals surface area contributed by atoms with Gasteiger partial charge in [-0.1, -0.05) is 41.4 Å². The van der Waals surface area contributed by atoms with Crippen LogP contribution in [-0.2, 0) is 6.61 Å². The van der Waals surface area contributed by atoms with E-state index < -0.39 is 6.23 Å². The van der Waals surface area contributed by atoms with Gasteiger partial charge in [-0.15, -0.1) is 10.2 Å². The van der Waals surface area contributed by atoms with E-state index in [9.17, 15) is 10.2 Å². The first kappa shape index (κ1) is 16.2. The number of aliphatic hydroxyl groups excluding tert-OH is 2. The van der Waals surface area contributed by atoms with Crippen LogP contribution in [0.15, 0.2) is 47.5 Å². The van der Waals surface area contributed by atoms with E-state index >= 15 is 0 Å². The Balaban J connectivity index is 2.06. The molecule has 0 aliphatic carbocycles. The lowest BCUT2D eigenvalue weighted by Gasteiger charge is -2.13. The number of nitrogens with zero attached hydrogens (tertiary/aromatic N) is 4. The predicted molar refractivity (Wildman–Crippen MR) is 94.3 cm³/mol. The molecule has 0 radical (unpaired) electrons. The van der Waals surface area contributed by atoms with E-state index in [1.807, 2.05) is 18.2 Å². The van der Waals surface area contributed by atoms with Crippen molar-refractivity contribution in [3.8, 4) is 5.69 Å². The minimum Gasteiger partial charge on any atom is -0.388 e. The van der Waals surface area contributed by atoms with Gasteiger partial charge in [-0.05, 0) is 24.3 Å². The van der Waals surface area contributed by atoms with Gasteiger partial charge in [0.1, 0.15) is 6.61 Å². The number of benzene rings is 2. The van der Waals surface area contributed by atoms with Crippen molar-refractivity contribution < 1.29 is 10.2 Å². The monoisotopic (exact) mass is 374 g/mol. The predicted octanol–water partition coefficient (Wildman–Crippen LogP) is 2.91. The lowest BCUT2D eigenvalue weighted by molar-refractivity contribution is 0.176. The molecule has 0 unspecified atom stereocenters. The molecule has 0 saturated carbocycles. The molecule has 3 aromatic rings. The summed E-state index contributed by atoms with van der Waals surface area (Å²) in [6.07, 6.45) is -1.26. The molecule has 8 heteroatoms. The van der Waals surface area contributed by atoms with E-state index in [4.69, 9.17) is 23.2 Å². The van der Waals surface area contributed by atoms with Crippen molar-refractivity contribution >= 4 is 28.9 Å². The second kappa shape index (κ2) is 6.24. The first-order valence-corrected chi connectivity index (χ1v) is 8.22. The van der Waals surface area contributed by atoms with E-state index in [2.05, 4.69) is 15.2 Å². The van der Waals surface area contributed by atoms with Crippen LogP contribution in [-0.4, -0.2) is 30.7 Å². The van der Waals surface area contributed by atoms with Gasteiger partial charge in [0.15, 0.2) is 11.6 Å². The highest BCUT2D eigenvalue weighted by Crippen LogP contribution is 2.33. The number of hydrogen-bond donors (Lipinski definition) is 2. The molecule has 0 amide bonds. The van der Waals surface area contributed by atoms with Crippen LogP contribution in [0.1, 0.15) is 29.0 Å². The zero-order valence-electron chi connectivity index (χ0n) is 12.8. The maximum atomic E-state index is 10.5. The van der Waals surface area contributed by atoms with Crippen molar-refractivity contribution in [2.24, 2.45) is 4.99 Å². The highest BCUT2D eigenvalue weighted by molar-refractivity contribution is 6.36. The lowest BCUT2D eigenvalue weighted by Crippen LogP contribution is -2.10. The van der Waals surface area contributed by atoms with Gasteiger partial charge in [-0.25, -0.2) is 4.99 Å². The van der Waals surface area contributed by atoms with Gasteiger partial charge in [0.05, 0.1) is 11.4 Å². The Morgan fingerprint density at radius 3 is 2.60 bits per heavy atom. The first-order valence-electron chi connectivity index (χ1n) is 7.46. The fourth-order valence-corrected chi connectivity index (χ4v) is 3.27. The molecule has 0 fully saturated rings. The largest absolute Gasteiger partial charge is 0.388 e. The molecule has 1 aromatic heterocycles. The van der Waals surface area contributed by atoms with Crippen LogP contribution in [0.3, 0.4) is 0 Å². The molecule has 2 N–H and O–H groups in total. The topological polar surface area (TPSA) is 83.5 Å². The molecule has 2 aromatic carbocycles. The number of aliphatic imine (C=N–C) groups is 1. The minimum atomic E-state index is -1.26. The average molecular weight is 375 g/mol. The Morgan fingerprint density at radius 1 is 1.04 bits per heavy atom. The maximum Gasteiger partial charge on any atom is 0.207 e. The quantitative estimate of drug-likeness (QED) is 0.722. The summed E-state index contributed by atoms with van der Waals surface area (Å²) in [5.41, 5.74) is 2.47. The summed E-state index contributed by atoms with van der Waals surface area (Å²) < 4.78 is 1.59. The zero-order valence-corrected chi connectivity index (χ0v) is 14.3. The first-order chi connectivity index (χ1) is 12.1. The van der Waals surface area contributed by atoms with Gasteiger partial charge in [0.2, 0.25) is 6.23 Å².